The second-order valence-corrected chi connectivity index (χ2v) is 8.73. The largest absolute Gasteiger partial charge is 0.359 e. The number of nitrogens with one attached hydrogen (secondary N) is 1. The number of hydrogen-bond donors (Lipinski definition) is 1. The standard InChI is InChI=1S/C17H29N3S/c1-13-5-8-17(9-6-13)12-21-16(19-17)18-14-7-11-20-10-3-2-4-15(14)20/h13-15H,2-12H2,1H3,(H,18,19). The molecule has 4 aliphatic rings. The molecule has 3 nitrogen and oxygen atoms in total. The number of thioether (sulfide) groups is 1. The quantitative estimate of drug-likeness (QED) is 0.806. The Balaban J connectivity index is 1.41. The van der Waals surface area contributed by atoms with Crippen molar-refractivity contribution in [2.45, 2.75) is 75.9 Å². The van der Waals surface area contributed by atoms with Gasteiger partial charge in [-0.2, -0.15) is 0 Å². The van der Waals surface area contributed by atoms with E-state index >= 15 is 0 Å². The van der Waals surface area contributed by atoms with Crippen molar-refractivity contribution in [3.63, 3.8) is 0 Å². The first-order valence-corrected chi connectivity index (χ1v) is 9.96. The van der Waals surface area contributed by atoms with Gasteiger partial charge in [-0.1, -0.05) is 25.1 Å². The van der Waals surface area contributed by atoms with Crippen molar-refractivity contribution in [3.05, 3.63) is 0 Å². The first-order chi connectivity index (χ1) is 10.2. The van der Waals surface area contributed by atoms with Gasteiger partial charge in [0, 0.05) is 23.9 Å². The number of nitrogens with zero attached hydrogens (tertiary/aromatic N) is 2. The highest BCUT2D eigenvalue weighted by Crippen LogP contribution is 2.39. The van der Waals surface area contributed by atoms with Gasteiger partial charge >= 0.3 is 0 Å². The third-order valence-electron chi connectivity index (χ3n) is 6.19. The fourth-order valence-corrected chi connectivity index (χ4v) is 5.95. The molecule has 3 heterocycles. The molecule has 0 aromatic heterocycles. The van der Waals surface area contributed by atoms with Gasteiger partial charge in [-0.15, -0.1) is 0 Å². The maximum atomic E-state index is 5.15. The molecule has 1 saturated carbocycles. The number of amidine groups is 1. The third kappa shape index (κ3) is 2.86. The van der Waals surface area contributed by atoms with Crippen LogP contribution in [0.25, 0.3) is 0 Å². The fourth-order valence-electron chi connectivity index (χ4n) is 4.68. The molecule has 3 aliphatic heterocycles. The second kappa shape index (κ2) is 5.77. The first-order valence-electron chi connectivity index (χ1n) is 8.97. The monoisotopic (exact) mass is 307 g/mol. The van der Waals surface area contributed by atoms with Gasteiger partial charge in [0.05, 0.1) is 6.04 Å². The van der Waals surface area contributed by atoms with Crippen LogP contribution < -0.4 is 5.32 Å². The summed E-state index contributed by atoms with van der Waals surface area (Å²) in [5.74, 6) is 2.17. The maximum absolute atomic E-state index is 5.15. The average molecular weight is 308 g/mol. The van der Waals surface area contributed by atoms with Gasteiger partial charge in [0.1, 0.15) is 0 Å². The molecule has 3 saturated heterocycles. The van der Waals surface area contributed by atoms with Crippen LogP contribution in [0.4, 0.5) is 0 Å². The van der Waals surface area contributed by atoms with Gasteiger partial charge in [-0.25, -0.2) is 0 Å². The van der Waals surface area contributed by atoms with Gasteiger partial charge in [-0.3, -0.25) is 9.89 Å². The van der Waals surface area contributed by atoms with Crippen molar-refractivity contribution in [2.75, 3.05) is 18.8 Å². The normalized spacial score (nSPS) is 46.0. The minimum atomic E-state index is 0.390. The Morgan fingerprint density at radius 3 is 2.86 bits per heavy atom. The Morgan fingerprint density at radius 2 is 2.00 bits per heavy atom. The van der Waals surface area contributed by atoms with Gasteiger partial charge in [0.15, 0.2) is 5.17 Å². The van der Waals surface area contributed by atoms with E-state index in [1.165, 1.54) is 75.4 Å². The summed E-state index contributed by atoms with van der Waals surface area (Å²) in [6.07, 6.45) is 10.9. The summed E-state index contributed by atoms with van der Waals surface area (Å²) >= 11 is 2.00. The van der Waals surface area contributed by atoms with Crippen LogP contribution in [0.1, 0.15) is 58.3 Å². The van der Waals surface area contributed by atoms with Crippen LogP contribution in [0.2, 0.25) is 0 Å². The molecule has 0 amide bonds. The van der Waals surface area contributed by atoms with Gasteiger partial charge < -0.3 is 5.32 Å². The molecule has 4 heteroatoms. The van der Waals surface area contributed by atoms with E-state index in [2.05, 4.69) is 17.1 Å². The van der Waals surface area contributed by atoms with Crippen molar-refractivity contribution in [2.24, 2.45) is 10.9 Å². The topological polar surface area (TPSA) is 27.6 Å². The maximum Gasteiger partial charge on any atom is 0.157 e. The number of rotatable bonds is 1. The van der Waals surface area contributed by atoms with E-state index in [0.717, 1.165) is 12.0 Å². The Kier molecular flexibility index (Phi) is 3.95. The van der Waals surface area contributed by atoms with E-state index in [0.29, 0.717) is 11.6 Å². The van der Waals surface area contributed by atoms with E-state index < -0.39 is 0 Å². The van der Waals surface area contributed by atoms with Crippen molar-refractivity contribution in [3.8, 4) is 0 Å². The highest BCUT2D eigenvalue weighted by molar-refractivity contribution is 8.14. The molecule has 4 fully saturated rings. The van der Waals surface area contributed by atoms with Crippen LogP contribution in [-0.2, 0) is 0 Å². The Morgan fingerprint density at radius 1 is 1.14 bits per heavy atom. The lowest BCUT2D eigenvalue weighted by molar-refractivity contribution is 0.189. The lowest BCUT2D eigenvalue weighted by atomic mass is 9.78. The minimum absolute atomic E-state index is 0.390. The number of fused-ring (bicyclic) bond motifs is 1. The van der Waals surface area contributed by atoms with Crippen LogP contribution in [-0.4, -0.2) is 46.5 Å². The lowest BCUT2D eigenvalue weighted by Crippen LogP contribution is -2.46. The van der Waals surface area contributed by atoms with Crippen molar-refractivity contribution < 1.29 is 0 Å². The molecule has 0 radical (unpaired) electrons. The summed E-state index contributed by atoms with van der Waals surface area (Å²) < 4.78 is 0. The molecule has 0 aromatic carbocycles. The molecule has 1 N–H and O–H groups in total. The van der Waals surface area contributed by atoms with Crippen LogP contribution in [0, 0.1) is 5.92 Å². The SMILES string of the molecule is CC1CCC2(CC1)CSC(=NC1CCN3CCCCC13)N2. The number of hydrogen-bond acceptors (Lipinski definition) is 3. The Bertz CT molecular complexity index is 414. The molecule has 118 valence electrons. The van der Waals surface area contributed by atoms with Crippen LogP contribution in [0.3, 0.4) is 0 Å². The van der Waals surface area contributed by atoms with Crippen LogP contribution in [0.15, 0.2) is 4.99 Å². The predicted octanol–water partition coefficient (Wildman–Crippen LogP) is 3.25. The second-order valence-electron chi connectivity index (χ2n) is 7.77. The van der Waals surface area contributed by atoms with E-state index in [9.17, 15) is 0 Å². The molecule has 2 unspecified atom stereocenters. The molecule has 4 rings (SSSR count). The van der Waals surface area contributed by atoms with Gasteiger partial charge in [0.2, 0.25) is 0 Å². The third-order valence-corrected chi connectivity index (χ3v) is 7.37. The lowest BCUT2D eigenvalue weighted by Gasteiger charge is -2.35. The van der Waals surface area contributed by atoms with Crippen LogP contribution in [0.5, 0.6) is 0 Å². The zero-order valence-corrected chi connectivity index (χ0v) is 14.1. The molecular formula is C17H29N3S. The zero-order chi connectivity index (χ0) is 14.3. The van der Waals surface area contributed by atoms with E-state index in [4.69, 9.17) is 4.99 Å². The summed E-state index contributed by atoms with van der Waals surface area (Å²) in [6, 6.07) is 1.31. The van der Waals surface area contributed by atoms with Crippen molar-refractivity contribution in [1.82, 2.24) is 10.2 Å². The summed E-state index contributed by atoms with van der Waals surface area (Å²) in [5.41, 5.74) is 0.390. The molecule has 1 spiro atoms. The fraction of sp³-hybridized carbons (Fsp3) is 0.941. The van der Waals surface area contributed by atoms with E-state index in [1.807, 2.05) is 11.8 Å². The summed E-state index contributed by atoms with van der Waals surface area (Å²) in [4.78, 5) is 7.85. The zero-order valence-electron chi connectivity index (χ0n) is 13.3. The summed E-state index contributed by atoms with van der Waals surface area (Å²) in [5, 5.41) is 5.11. The summed E-state index contributed by atoms with van der Waals surface area (Å²) in [7, 11) is 0. The molecular weight excluding hydrogens is 278 g/mol. The Hall–Kier alpha value is -0.220. The average Bonchev–Trinajstić information content (AvgIpc) is 3.09. The molecule has 0 aromatic rings. The van der Waals surface area contributed by atoms with E-state index in [-0.39, 0.29) is 0 Å². The highest BCUT2D eigenvalue weighted by atomic mass is 32.2. The van der Waals surface area contributed by atoms with Crippen molar-refractivity contribution >= 4 is 16.9 Å². The number of piperidine rings is 1. The number of aliphatic imine (C=N–C) groups is 1. The Labute approximate surface area is 133 Å². The van der Waals surface area contributed by atoms with Crippen molar-refractivity contribution in [1.29, 1.82) is 0 Å². The molecule has 2 atom stereocenters. The predicted molar refractivity (Wildman–Crippen MR) is 91.0 cm³/mol. The molecule has 0 bridgehead atoms. The highest BCUT2D eigenvalue weighted by Gasteiger charge is 2.41. The van der Waals surface area contributed by atoms with Crippen LogP contribution >= 0.6 is 11.8 Å². The summed E-state index contributed by atoms with van der Waals surface area (Å²) in [6.45, 7) is 4.99. The molecule has 1 aliphatic carbocycles. The molecule has 21 heavy (non-hydrogen) atoms. The first kappa shape index (κ1) is 14.4. The smallest absolute Gasteiger partial charge is 0.157 e. The van der Waals surface area contributed by atoms with E-state index in [1.54, 1.807) is 0 Å². The van der Waals surface area contributed by atoms with Gasteiger partial charge in [0.25, 0.3) is 0 Å². The van der Waals surface area contributed by atoms with Gasteiger partial charge in [-0.05, 0) is 57.4 Å². The minimum Gasteiger partial charge on any atom is -0.359 e.